The summed E-state index contributed by atoms with van der Waals surface area (Å²) in [5.41, 5.74) is -0.520. The summed E-state index contributed by atoms with van der Waals surface area (Å²) < 4.78 is 0. The Labute approximate surface area is 116 Å². The molecule has 0 aliphatic rings. The number of hydrogen-bond donors (Lipinski definition) is 1. The number of ketones is 2. The van der Waals surface area contributed by atoms with Crippen LogP contribution in [0.15, 0.2) is 0 Å². The minimum atomic E-state index is -0.561. The van der Waals surface area contributed by atoms with Crippen molar-refractivity contribution >= 4 is 17.5 Å². The highest BCUT2D eigenvalue weighted by molar-refractivity contribution is 5.92. The molecule has 0 saturated heterocycles. The van der Waals surface area contributed by atoms with Crippen molar-refractivity contribution in [1.29, 1.82) is 0 Å². The minimum Gasteiger partial charge on any atom is -0.347 e. The molecule has 19 heavy (non-hydrogen) atoms. The maximum atomic E-state index is 12.2. The molecule has 0 radical (unpaired) electrons. The van der Waals surface area contributed by atoms with E-state index in [1.807, 2.05) is 34.6 Å². The first-order chi connectivity index (χ1) is 8.54. The molecule has 0 spiro atoms. The van der Waals surface area contributed by atoms with Crippen molar-refractivity contribution < 1.29 is 14.4 Å². The number of amides is 1. The van der Waals surface area contributed by atoms with Crippen LogP contribution in [-0.2, 0) is 14.4 Å². The van der Waals surface area contributed by atoms with Crippen LogP contribution >= 0.6 is 0 Å². The molecule has 110 valence electrons. The quantitative estimate of drug-likeness (QED) is 0.772. The first-order valence-electron chi connectivity index (χ1n) is 6.87. The van der Waals surface area contributed by atoms with Gasteiger partial charge in [0, 0.05) is 25.2 Å². The predicted molar refractivity (Wildman–Crippen MR) is 75.8 cm³/mol. The number of nitrogens with one attached hydrogen (secondary N) is 1. The molecule has 4 nitrogen and oxygen atoms in total. The molecule has 0 heterocycles. The number of hydrogen-bond acceptors (Lipinski definition) is 3. The molecule has 0 rings (SSSR count). The van der Waals surface area contributed by atoms with Gasteiger partial charge in [-0.15, -0.1) is 0 Å². The highest BCUT2D eigenvalue weighted by Gasteiger charge is 2.30. The van der Waals surface area contributed by atoms with Crippen LogP contribution in [0.4, 0.5) is 0 Å². The molecule has 1 atom stereocenters. The van der Waals surface area contributed by atoms with E-state index in [2.05, 4.69) is 5.32 Å². The Balaban J connectivity index is 4.57. The second-order valence-corrected chi connectivity index (χ2v) is 6.54. The topological polar surface area (TPSA) is 63.2 Å². The van der Waals surface area contributed by atoms with Crippen LogP contribution in [0.25, 0.3) is 0 Å². The van der Waals surface area contributed by atoms with Crippen LogP contribution in [0.5, 0.6) is 0 Å². The van der Waals surface area contributed by atoms with Crippen LogP contribution in [0.1, 0.15) is 60.8 Å². The summed E-state index contributed by atoms with van der Waals surface area (Å²) in [4.78, 5) is 35.1. The molecule has 0 fully saturated rings. The largest absolute Gasteiger partial charge is 0.347 e. The van der Waals surface area contributed by atoms with Crippen LogP contribution in [0.3, 0.4) is 0 Å². The van der Waals surface area contributed by atoms with E-state index in [4.69, 9.17) is 0 Å². The lowest BCUT2D eigenvalue weighted by Gasteiger charge is -2.25. The van der Waals surface area contributed by atoms with E-state index < -0.39 is 11.5 Å². The highest BCUT2D eigenvalue weighted by Crippen LogP contribution is 2.19. The van der Waals surface area contributed by atoms with Gasteiger partial charge in [0.05, 0.1) is 6.04 Å². The Kier molecular flexibility index (Phi) is 6.95. The van der Waals surface area contributed by atoms with Gasteiger partial charge < -0.3 is 5.32 Å². The fourth-order valence-corrected chi connectivity index (χ4v) is 1.90. The lowest BCUT2D eigenvalue weighted by atomic mass is 9.84. The Morgan fingerprint density at radius 1 is 1.11 bits per heavy atom. The van der Waals surface area contributed by atoms with E-state index in [0.29, 0.717) is 25.2 Å². The van der Waals surface area contributed by atoms with Gasteiger partial charge in [-0.25, -0.2) is 0 Å². The average molecular weight is 269 g/mol. The summed E-state index contributed by atoms with van der Waals surface area (Å²) >= 11 is 0. The maximum Gasteiger partial charge on any atom is 0.217 e. The molecule has 0 aromatic rings. The number of carbonyl (C=O) groups excluding carboxylic acids is 3. The lowest BCUT2D eigenvalue weighted by Crippen LogP contribution is -2.45. The van der Waals surface area contributed by atoms with E-state index in [1.165, 1.54) is 6.92 Å². The predicted octanol–water partition coefficient (Wildman–Crippen LogP) is 2.50. The molecule has 0 aromatic heterocycles. The maximum absolute atomic E-state index is 12.2. The zero-order valence-electron chi connectivity index (χ0n) is 13.0. The molecule has 1 unspecified atom stereocenters. The third kappa shape index (κ3) is 7.75. The molecule has 0 bridgehead atoms. The summed E-state index contributed by atoms with van der Waals surface area (Å²) in [5, 5.41) is 2.65. The van der Waals surface area contributed by atoms with Crippen LogP contribution in [0, 0.1) is 11.3 Å². The summed E-state index contributed by atoms with van der Waals surface area (Å²) in [6.07, 6.45) is 1.25. The highest BCUT2D eigenvalue weighted by atomic mass is 16.2. The molecule has 0 aliphatic carbocycles. The number of carbonyl (C=O) groups is 3. The van der Waals surface area contributed by atoms with Crippen molar-refractivity contribution in [3.05, 3.63) is 0 Å². The average Bonchev–Trinajstić information content (AvgIpc) is 2.20. The van der Waals surface area contributed by atoms with Gasteiger partial charge in [-0.3, -0.25) is 14.4 Å². The zero-order valence-corrected chi connectivity index (χ0v) is 13.0. The van der Waals surface area contributed by atoms with Gasteiger partial charge >= 0.3 is 0 Å². The van der Waals surface area contributed by atoms with E-state index in [-0.39, 0.29) is 17.5 Å². The van der Waals surface area contributed by atoms with Crippen molar-refractivity contribution in [1.82, 2.24) is 5.32 Å². The summed E-state index contributed by atoms with van der Waals surface area (Å²) in [5.74, 6) is 0.205. The van der Waals surface area contributed by atoms with Crippen LogP contribution in [0.2, 0.25) is 0 Å². The molecule has 1 N–H and O–H groups in total. The Hall–Kier alpha value is -1.19. The molecular weight excluding hydrogens is 242 g/mol. The van der Waals surface area contributed by atoms with E-state index in [1.54, 1.807) is 0 Å². The minimum absolute atomic E-state index is 0.0277. The first-order valence-corrected chi connectivity index (χ1v) is 6.87. The summed E-state index contributed by atoms with van der Waals surface area (Å²) in [6, 6.07) is -0.561. The zero-order chi connectivity index (χ0) is 15.2. The van der Waals surface area contributed by atoms with E-state index in [9.17, 15) is 14.4 Å². The first kappa shape index (κ1) is 17.8. The third-order valence-electron chi connectivity index (χ3n) is 2.78. The van der Waals surface area contributed by atoms with Crippen molar-refractivity contribution in [3.8, 4) is 0 Å². The Morgan fingerprint density at radius 2 is 1.63 bits per heavy atom. The monoisotopic (exact) mass is 269 g/mol. The smallest absolute Gasteiger partial charge is 0.217 e. The fraction of sp³-hybridized carbons (Fsp3) is 0.800. The van der Waals surface area contributed by atoms with Crippen LogP contribution < -0.4 is 5.32 Å². The van der Waals surface area contributed by atoms with Gasteiger partial charge in [0.1, 0.15) is 5.78 Å². The number of rotatable bonds is 7. The van der Waals surface area contributed by atoms with Crippen molar-refractivity contribution in [2.24, 2.45) is 11.3 Å². The molecule has 4 heteroatoms. The Bertz CT molecular complexity index is 340. The van der Waals surface area contributed by atoms with Crippen molar-refractivity contribution in [2.45, 2.75) is 66.8 Å². The van der Waals surface area contributed by atoms with Crippen molar-refractivity contribution in [3.63, 3.8) is 0 Å². The fourth-order valence-electron chi connectivity index (χ4n) is 1.90. The molecule has 0 saturated carbocycles. The summed E-state index contributed by atoms with van der Waals surface area (Å²) in [6.45, 7) is 10.8. The lowest BCUT2D eigenvalue weighted by molar-refractivity contribution is -0.132. The van der Waals surface area contributed by atoms with Gasteiger partial charge in [0.25, 0.3) is 0 Å². The van der Waals surface area contributed by atoms with E-state index >= 15 is 0 Å². The molecular formula is C15H27NO3. The van der Waals surface area contributed by atoms with Crippen LogP contribution in [-0.4, -0.2) is 23.5 Å². The van der Waals surface area contributed by atoms with Gasteiger partial charge in [-0.1, -0.05) is 34.6 Å². The third-order valence-corrected chi connectivity index (χ3v) is 2.78. The van der Waals surface area contributed by atoms with E-state index in [0.717, 1.165) is 0 Å². The standard InChI is InChI=1S/C15H27NO3/c1-10(2)9-12(18)7-8-13(16-11(3)17)14(19)15(4,5)6/h10,13H,7-9H2,1-6H3,(H,16,17). The second kappa shape index (κ2) is 7.41. The Morgan fingerprint density at radius 3 is 2.00 bits per heavy atom. The van der Waals surface area contributed by atoms with Gasteiger partial charge in [0.15, 0.2) is 5.78 Å². The SMILES string of the molecule is CC(=O)NC(CCC(=O)CC(C)C)C(=O)C(C)(C)C. The number of Topliss-reactive ketones (excluding diaryl/α,β-unsaturated/α-hetero) is 2. The van der Waals surface area contributed by atoms with Gasteiger partial charge in [0.2, 0.25) is 5.91 Å². The van der Waals surface area contributed by atoms with Crippen molar-refractivity contribution in [2.75, 3.05) is 0 Å². The molecule has 0 aromatic carbocycles. The van der Waals surface area contributed by atoms with Gasteiger partial charge in [-0.05, 0) is 12.3 Å². The van der Waals surface area contributed by atoms with Gasteiger partial charge in [-0.2, -0.15) is 0 Å². The summed E-state index contributed by atoms with van der Waals surface area (Å²) in [7, 11) is 0. The second-order valence-electron chi connectivity index (χ2n) is 6.54. The normalized spacial score (nSPS) is 13.2. The molecule has 0 aliphatic heterocycles. The molecule has 1 amide bonds.